The number of rotatable bonds is 4. The third kappa shape index (κ3) is 2.31. The maximum atomic E-state index is 12.4. The van der Waals surface area contributed by atoms with Gasteiger partial charge >= 0.3 is 0 Å². The molecule has 1 aliphatic rings. The zero-order valence-electron chi connectivity index (χ0n) is 11.6. The quantitative estimate of drug-likeness (QED) is 0.788. The van der Waals surface area contributed by atoms with Crippen LogP contribution in [0.1, 0.15) is 35.4 Å². The number of methoxy groups -OCH3 is 1. The highest BCUT2D eigenvalue weighted by Crippen LogP contribution is 2.39. The molecule has 1 aliphatic carbocycles. The molecule has 1 saturated carbocycles. The Hall–Kier alpha value is -2.57. The van der Waals surface area contributed by atoms with Crippen LogP contribution in [-0.2, 0) is 5.54 Å². The van der Waals surface area contributed by atoms with Crippen LogP contribution in [0.15, 0.2) is 24.5 Å². The van der Waals surface area contributed by atoms with E-state index in [1.807, 2.05) is 0 Å². The summed E-state index contributed by atoms with van der Waals surface area (Å²) in [5, 5.41) is 19.5. The second-order valence-corrected chi connectivity index (χ2v) is 5.11. The minimum Gasteiger partial charge on any atom is -0.507 e. The predicted octanol–water partition coefficient (Wildman–Crippen LogP) is 1.33. The van der Waals surface area contributed by atoms with Crippen LogP contribution in [0.5, 0.6) is 11.5 Å². The summed E-state index contributed by atoms with van der Waals surface area (Å²) in [5.41, 5.74) is -0.304. The summed E-state index contributed by atoms with van der Waals surface area (Å²) in [7, 11) is 1.50. The minimum absolute atomic E-state index is 0.112. The zero-order chi connectivity index (χ0) is 14.9. The van der Waals surface area contributed by atoms with E-state index in [9.17, 15) is 9.90 Å². The van der Waals surface area contributed by atoms with Crippen molar-refractivity contribution >= 4 is 5.91 Å². The Morgan fingerprint density at radius 1 is 1.48 bits per heavy atom. The molecule has 1 aromatic heterocycles. The highest BCUT2D eigenvalue weighted by atomic mass is 16.5. The molecule has 7 heteroatoms. The summed E-state index contributed by atoms with van der Waals surface area (Å²) in [4.78, 5) is 16.5. The second-order valence-electron chi connectivity index (χ2n) is 5.11. The van der Waals surface area contributed by atoms with Gasteiger partial charge < -0.3 is 15.2 Å². The Kier molecular flexibility index (Phi) is 3.25. The van der Waals surface area contributed by atoms with Crippen LogP contribution < -0.4 is 10.1 Å². The monoisotopic (exact) mass is 288 g/mol. The molecule has 3 N–H and O–H groups in total. The van der Waals surface area contributed by atoms with E-state index >= 15 is 0 Å². The van der Waals surface area contributed by atoms with E-state index in [2.05, 4.69) is 20.5 Å². The molecule has 2 aromatic rings. The van der Waals surface area contributed by atoms with Gasteiger partial charge in [0.2, 0.25) is 0 Å². The molecule has 0 spiro atoms. The van der Waals surface area contributed by atoms with Gasteiger partial charge in [0, 0.05) is 6.07 Å². The minimum atomic E-state index is -0.514. The highest BCUT2D eigenvalue weighted by molar-refractivity contribution is 5.97. The second kappa shape index (κ2) is 5.08. The first-order chi connectivity index (χ1) is 10.1. The number of amides is 1. The van der Waals surface area contributed by atoms with E-state index in [0.717, 1.165) is 19.3 Å². The molecule has 0 unspecified atom stereocenters. The topological polar surface area (TPSA) is 100 Å². The molecule has 0 bridgehead atoms. The number of H-pyrrole nitrogens is 1. The van der Waals surface area contributed by atoms with Crippen LogP contribution in [0.2, 0.25) is 0 Å². The Balaban J connectivity index is 1.83. The molecule has 3 rings (SSSR count). The van der Waals surface area contributed by atoms with Crippen molar-refractivity contribution in [2.45, 2.75) is 24.8 Å². The molecule has 1 heterocycles. The Bertz CT molecular complexity index is 650. The molecule has 1 fully saturated rings. The first kappa shape index (κ1) is 13.4. The number of hydrogen-bond acceptors (Lipinski definition) is 5. The van der Waals surface area contributed by atoms with Crippen molar-refractivity contribution < 1.29 is 14.6 Å². The Morgan fingerprint density at radius 3 is 2.81 bits per heavy atom. The predicted molar refractivity (Wildman–Crippen MR) is 74.0 cm³/mol. The van der Waals surface area contributed by atoms with Gasteiger partial charge in [0.1, 0.15) is 23.7 Å². The smallest absolute Gasteiger partial charge is 0.255 e. The summed E-state index contributed by atoms with van der Waals surface area (Å²) in [6.07, 6.45) is 4.03. The molecule has 0 saturated heterocycles. The number of aromatic nitrogens is 3. The molecule has 7 nitrogen and oxygen atoms in total. The average molecular weight is 288 g/mol. The van der Waals surface area contributed by atoms with Gasteiger partial charge in [-0.2, -0.15) is 5.10 Å². The van der Waals surface area contributed by atoms with Crippen molar-refractivity contribution in [1.82, 2.24) is 20.5 Å². The van der Waals surface area contributed by atoms with Crippen LogP contribution in [0, 0.1) is 0 Å². The van der Waals surface area contributed by atoms with Gasteiger partial charge in [0.15, 0.2) is 0 Å². The lowest BCUT2D eigenvalue weighted by atomic mass is 9.76. The van der Waals surface area contributed by atoms with Gasteiger partial charge in [-0.1, -0.05) is 0 Å². The van der Waals surface area contributed by atoms with Crippen LogP contribution >= 0.6 is 0 Å². The number of nitrogens with one attached hydrogen (secondary N) is 2. The number of phenols is 1. The maximum absolute atomic E-state index is 12.4. The fourth-order valence-electron chi connectivity index (χ4n) is 2.50. The van der Waals surface area contributed by atoms with Gasteiger partial charge in [0.05, 0.1) is 18.2 Å². The fraction of sp³-hybridized carbons (Fsp3) is 0.357. The number of aromatic amines is 1. The van der Waals surface area contributed by atoms with Crippen molar-refractivity contribution in [1.29, 1.82) is 0 Å². The lowest BCUT2D eigenvalue weighted by Gasteiger charge is -2.40. The van der Waals surface area contributed by atoms with Gasteiger partial charge in [0.25, 0.3) is 5.91 Å². The lowest BCUT2D eigenvalue weighted by Crippen LogP contribution is -2.51. The van der Waals surface area contributed by atoms with E-state index in [1.54, 1.807) is 6.07 Å². The average Bonchev–Trinajstić information content (AvgIpc) is 2.96. The third-order valence-corrected chi connectivity index (χ3v) is 3.88. The van der Waals surface area contributed by atoms with Gasteiger partial charge in [-0.05, 0) is 31.4 Å². The van der Waals surface area contributed by atoms with Gasteiger partial charge in [-0.3, -0.25) is 9.89 Å². The van der Waals surface area contributed by atoms with Crippen LogP contribution in [-0.4, -0.2) is 33.3 Å². The maximum Gasteiger partial charge on any atom is 0.255 e. The number of nitrogens with zero attached hydrogens (tertiary/aromatic N) is 2. The van der Waals surface area contributed by atoms with E-state index in [-0.39, 0.29) is 17.2 Å². The third-order valence-electron chi connectivity index (χ3n) is 3.88. The zero-order valence-corrected chi connectivity index (χ0v) is 11.6. The van der Waals surface area contributed by atoms with Crippen LogP contribution in [0.4, 0.5) is 0 Å². The normalized spacial score (nSPS) is 16.0. The fourth-order valence-corrected chi connectivity index (χ4v) is 2.50. The number of ether oxygens (including phenoxy) is 1. The Morgan fingerprint density at radius 2 is 2.29 bits per heavy atom. The van der Waals surface area contributed by atoms with Crippen molar-refractivity contribution in [3.63, 3.8) is 0 Å². The van der Waals surface area contributed by atoms with Crippen molar-refractivity contribution in [3.8, 4) is 11.5 Å². The number of aromatic hydroxyl groups is 1. The van der Waals surface area contributed by atoms with Gasteiger partial charge in [-0.15, -0.1) is 0 Å². The van der Waals surface area contributed by atoms with E-state index in [4.69, 9.17) is 4.74 Å². The molecular weight excluding hydrogens is 272 g/mol. The van der Waals surface area contributed by atoms with E-state index in [1.165, 1.54) is 25.6 Å². The molecule has 0 atom stereocenters. The number of hydrogen-bond donors (Lipinski definition) is 3. The standard InChI is InChI=1S/C14H16N4O3/c1-21-9-3-4-10(11(19)7-9)12(20)17-14(5-2-6-14)13-15-8-16-18-13/h3-4,7-8,19H,2,5-6H2,1H3,(H,17,20)(H,15,16,18). The van der Waals surface area contributed by atoms with Gasteiger partial charge in [-0.25, -0.2) is 4.98 Å². The summed E-state index contributed by atoms with van der Waals surface area (Å²) in [5.74, 6) is 0.692. The van der Waals surface area contributed by atoms with Crippen LogP contribution in [0.3, 0.4) is 0 Å². The number of benzene rings is 1. The molecule has 1 amide bonds. The summed E-state index contributed by atoms with van der Waals surface area (Å²) < 4.78 is 5.01. The molecule has 1 aromatic carbocycles. The van der Waals surface area contributed by atoms with Crippen molar-refractivity contribution in [2.75, 3.05) is 7.11 Å². The highest BCUT2D eigenvalue weighted by Gasteiger charge is 2.43. The summed E-state index contributed by atoms with van der Waals surface area (Å²) >= 11 is 0. The first-order valence-corrected chi connectivity index (χ1v) is 6.70. The van der Waals surface area contributed by atoms with Crippen LogP contribution in [0.25, 0.3) is 0 Å². The molecule has 21 heavy (non-hydrogen) atoms. The first-order valence-electron chi connectivity index (χ1n) is 6.70. The SMILES string of the molecule is COc1ccc(C(=O)NC2(c3ncn[nH]3)CCC2)c(O)c1. The van der Waals surface area contributed by atoms with E-state index < -0.39 is 5.54 Å². The number of carbonyl (C=O) groups excluding carboxylic acids is 1. The summed E-state index contributed by atoms with van der Waals surface area (Å²) in [6.45, 7) is 0. The number of carbonyl (C=O) groups is 1. The largest absolute Gasteiger partial charge is 0.507 e. The Labute approximate surface area is 121 Å². The molecule has 0 radical (unpaired) electrons. The molecule has 110 valence electrons. The number of phenolic OH excluding ortho intramolecular Hbond substituents is 1. The lowest BCUT2D eigenvalue weighted by molar-refractivity contribution is 0.0807. The molecule has 0 aliphatic heterocycles. The van der Waals surface area contributed by atoms with Crippen molar-refractivity contribution in [2.24, 2.45) is 0 Å². The molecular formula is C14H16N4O3. The van der Waals surface area contributed by atoms with Crippen molar-refractivity contribution in [3.05, 3.63) is 35.9 Å². The summed E-state index contributed by atoms with van der Waals surface area (Å²) in [6, 6.07) is 4.59. The van der Waals surface area contributed by atoms with E-state index in [0.29, 0.717) is 11.6 Å².